The third-order valence-corrected chi connectivity index (χ3v) is 4.28. The lowest BCUT2D eigenvalue weighted by Gasteiger charge is -2.19. The Morgan fingerprint density at radius 1 is 1.53 bits per heavy atom. The molecule has 0 aliphatic carbocycles. The van der Waals surface area contributed by atoms with Crippen molar-refractivity contribution >= 4 is 16.0 Å². The molecule has 0 rings (SSSR count). The normalized spacial score (nSPS) is 14.1. The molecule has 0 aliphatic rings. The molecule has 0 bridgehead atoms. The van der Waals surface area contributed by atoms with Crippen LogP contribution in [0.5, 0.6) is 0 Å². The van der Waals surface area contributed by atoms with Gasteiger partial charge in [-0.1, -0.05) is 0 Å². The van der Waals surface area contributed by atoms with Crippen molar-refractivity contribution in [2.45, 2.75) is 18.6 Å². The van der Waals surface area contributed by atoms with E-state index in [1.54, 1.807) is 7.05 Å². The number of aliphatic carboxylic acids is 1. The molecule has 1 atom stereocenters. The molecule has 0 spiro atoms. The van der Waals surface area contributed by atoms with Gasteiger partial charge in [0.1, 0.15) is 0 Å². The van der Waals surface area contributed by atoms with Crippen molar-refractivity contribution in [3.8, 4) is 0 Å². The molecular formula is C8H18N2O4S. The quantitative estimate of drug-likeness (QED) is 0.574. The van der Waals surface area contributed by atoms with Crippen molar-refractivity contribution in [2.24, 2.45) is 0 Å². The van der Waals surface area contributed by atoms with Crippen LogP contribution in [0.15, 0.2) is 0 Å². The summed E-state index contributed by atoms with van der Waals surface area (Å²) < 4.78 is 24.3. The second-order valence-corrected chi connectivity index (χ2v) is 5.66. The number of rotatable bonds is 7. The molecule has 0 saturated carbocycles. The number of sulfonamides is 1. The van der Waals surface area contributed by atoms with Crippen molar-refractivity contribution in [1.29, 1.82) is 0 Å². The minimum atomic E-state index is -3.71. The lowest BCUT2D eigenvalue weighted by Crippen LogP contribution is -2.39. The number of carboxylic acids is 1. The van der Waals surface area contributed by atoms with E-state index >= 15 is 0 Å². The van der Waals surface area contributed by atoms with E-state index < -0.39 is 21.2 Å². The summed E-state index contributed by atoms with van der Waals surface area (Å²) in [6, 6.07) is 0. The minimum Gasteiger partial charge on any atom is -0.480 e. The van der Waals surface area contributed by atoms with E-state index in [0.717, 1.165) is 4.31 Å². The fourth-order valence-corrected chi connectivity index (χ4v) is 2.18. The van der Waals surface area contributed by atoms with Crippen molar-refractivity contribution in [3.05, 3.63) is 0 Å². The van der Waals surface area contributed by atoms with Crippen LogP contribution in [0, 0.1) is 0 Å². The number of carboxylic acid groups (broad SMARTS) is 1. The van der Waals surface area contributed by atoms with Crippen LogP contribution >= 0.6 is 0 Å². The summed E-state index contributed by atoms with van der Waals surface area (Å²) in [4.78, 5) is 10.6. The Labute approximate surface area is 90.3 Å². The van der Waals surface area contributed by atoms with Gasteiger partial charge in [0.2, 0.25) is 10.0 Å². The summed E-state index contributed by atoms with van der Waals surface area (Å²) in [5, 5.41) is 10.1. The molecule has 0 saturated heterocycles. The van der Waals surface area contributed by atoms with Crippen LogP contribution < -0.4 is 5.32 Å². The van der Waals surface area contributed by atoms with Crippen molar-refractivity contribution in [1.82, 2.24) is 9.62 Å². The number of hydrogen-bond acceptors (Lipinski definition) is 4. The van der Waals surface area contributed by atoms with E-state index in [-0.39, 0.29) is 0 Å². The second kappa shape index (κ2) is 6.04. The molecule has 6 nitrogen and oxygen atoms in total. The van der Waals surface area contributed by atoms with Gasteiger partial charge in [-0.25, -0.2) is 12.7 Å². The molecule has 7 heteroatoms. The SMILES string of the molecule is CNCCCN(C)S(=O)(=O)C(C)C(=O)O. The standard InChI is InChI=1S/C8H18N2O4S/c1-7(8(11)12)15(13,14)10(3)6-4-5-9-2/h7,9H,4-6H2,1-3H3,(H,11,12). The Morgan fingerprint density at radius 3 is 2.47 bits per heavy atom. The molecule has 0 aliphatic heterocycles. The Bertz CT molecular complexity index is 302. The van der Waals surface area contributed by atoms with Crippen molar-refractivity contribution in [3.63, 3.8) is 0 Å². The van der Waals surface area contributed by atoms with Crippen LogP contribution in [0.1, 0.15) is 13.3 Å². The van der Waals surface area contributed by atoms with E-state index in [0.29, 0.717) is 19.5 Å². The lowest BCUT2D eigenvalue weighted by molar-refractivity contribution is -0.136. The summed E-state index contributed by atoms with van der Waals surface area (Å²) in [5.41, 5.74) is 0. The van der Waals surface area contributed by atoms with Gasteiger partial charge in [0.25, 0.3) is 0 Å². The molecule has 0 aromatic rings. The third-order valence-electron chi connectivity index (χ3n) is 2.13. The monoisotopic (exact) mass is 238 g/mol. The highest BCUT2D eigenvalue weighted by molar-refractivity contribution is 7.90. The smallest absolute Gasteiger partial charge is 0.323 e. The maximum atomic E-state index is 11.6. The van der Waals surface area contributed by atoms with Gasteiger partial charge in [-0.05, 0) is 26.9 Å². The Morgan fingerprint density at radius 2 is 2.07 bits per heavy atom. The summed E-state index contributed by atoms with van der Waals surface area (Å²) in [6.07, 6.45) is 0.651. The number of nitrogens with zero attached hydrogens (tertiary/aromatic N) is 1. The molecule has 0 heterocycles. The van der Waals surface area contributed by atoms with E-state index in [1.807, 2.05) is 0 Å². The summed E-state index contributed by atoms with van der Waals surface area (Å²) in [7, 11) is -0.547. The molecule has 0 fully saturated rings. The van der Waals surface area contributed by atoms with Crippen LogP contribution in [-0.2, 0) is 14.8 Å². The number of nitrogens with one attached hydrogen (secondary N) is 1. The van der Waals surface area contributed by atoms with Gasteiger partial charge < -0.3 is 10.4 Å². The zero-order valence-electron chi connectivity index (χ0n) is 9.23. The maximum absolute atomic E-state index is 11.6. The van der Waals surface area contributed by atoms with Crippen LogP contribution in [0.3, 0.4) is 0 Å². The first-order chi connectivity index (χ1) is 6.84. The van der Waals surface area contributed by atoms with Crippen molar-refractivity contribution < 1.29 is 18.3 Å². The molecule has 0 radical (unpaired) electrons. The molecule has 15 heavy (non-hydrogen) atoms. The zero-order valence-corrected chi connectivity index (χ0v) is 10.0. The van der Waals surface area contributed by atoms with E-state index in [1.165, 1.54) is 14.0 Å². The van der Waals surface area contributed by atoms with Gasteiger partial charge in [0.05, 0.1) is 0 Å². The topological polar surface area (TPSA) is 86.7 Å². The molecular weight excluding hydrogens is 220 g/mol. The zero-order chi connectivity index (χ0) is 12.1. The van der Waals surface area contributed by atoms with Gasteiger partial charge >= 0.3 is 5.97 Å². The van der Waals surface area contributed by atoms with E-state index in [9.17, 15) is 13.2 Å². The van der Waals surface area contributed by atoms with Gasteiger partial charge in [-0.2, -0.15) is 0 Å². The number of hydrogen-bond donors (Lipinski definition) is 2. The second-order valence-electron chi connectivity index (χ2n) is 3.30. The average molecular weight is 238 g/mol. The van der Waals surface area contributed by atoms with Crippen LogP contribution in [-0.4, -0.2) is 56.2 Å². The first-order valence-electron chi connectivity index (χ1n) is 4.66. The lowest BCUT2D eigenvalue weighted by atomic mass is 10.4. The third kappa shape index (κ3) is 4.15. The first-order valence-corrected chi connectivity index (χ1v) is 6.17. The minimum absolute atomic E-state index is 0.320. The van der Waals surface area contributed by atoms with Gasteiger partial charge in [0.15, 0.2) is 5.25 Å². The van der Waals surface area contributed by atoms with Gasteiger partial charge in [0, 0.05) is 13.6 Å². The summed E-state index contributed by atoms with van der Waals surface area (Å²) in [6.45, 7) is 2.19. The van der Waals surface area contributed by atoms with Gasteiger partial charge in [-0.15, -0.1) is 0 Å². The predicted molar refractivity (Wildman–Crippen MR) is 57.2 cm³/mol. The molecule has 0 amide bonds. The molecule has 1 unspecified atom stereocenters. The van der Waals surface area contributed by atoms with Crippen LogP contribution in [0.25, 0.3) is 0 Å². The van der Waals surface area contributed by atoms with E-state index in [4.69, 9.17) is 5.11 Å². The fourth-order valence-electron chi connectivity index (χ4n) is 1.00. The van der Waals surface area contributed by atoms with Crippen LogP contribution in [0.4, 0.5) is 0 Å². The predicted octanol–water partition coefficient (Wildman–Crippen LogP) is -0.669. The highest BCUT2D eigenvalue weighted by Gasteiger charge is 2.31. The fraction of sp³-hybridized carbons (Fsp3) is 0.875. The van der Waals surface area contributed by atoms with Gasteiger partial charge in [-0.3, -0.25) is 4.79 Å². The Kier molecular flexibility index (Phi) is 5.77. The largest absolute Gasteiger partial charge is 0.480 e. The molecule has 90 valence electrons. The van der Waals surface area contributed by atoms with E-state index in [2.05, 4.69) is 5.32 Å². The first kappa shape index (κ1) is 14.3. The number of carbonyl (C=O) groups is 1. The summed E-state index contributed by atoms with van der Waals surface area (Å²) in [5.74, 6) is -1.32. The van der Waals surface area contributed by atoms with Crippen LogP contribution in [0.2, 0.25) is 0 Å². The molecule has 0 aromatic heterocycles. The average Bonchev–Trinajstić information content (AvgIpc) is 2.16. The Hall–Kier alpha value is -0.660. The molecule has 2 N–H and O–H groups in total. The summed E-state index contributed by atoms with van der Waals surface area (Å²) >= 11 is 0. The van der Waals surface area contributed by atoms with Crippen molar-refractivity contribution in [2.75, 3.05) is 27.2 Å². The maximum Gasteiger partial charge on any atom is 0.323 e. The highest BCUT2D eigenvalue weighted by atomic mass is 32.2. The highest BCUT2D eigenvalue weighted by Crippen LogP contribution is 2.07. The molecule has 0 aromatic carbocycles. The Balaban J connectivity index is 4.39.